The van der Waals surface area contributed by atoms with Crippen molar-refractivity contribution in [1.29, 1.82) is 0 Å². The number of benzene rings is 1. The topological polar surface area (TPSA) is 133 Å². The van der Waals surface area contributed by atoms with Gasteiger partial charge in [-0.15, -0.1) is 0 Å². The van der Waals surface area contributed by atoms with Gasteiger partial charge in [0.15, 0.2) is 0 Å². The van der Waals surface area contributed by atoms with Crippen LogP contribution >= 0.6 is 0 Å². The Morgan fingerprint density at radius 1 is 1.14 bits per heavy atom. The molecule has 1 saturated heterocycles. The minimum atomic E-state index is -1.02. The van der Waals surface area contributed by atoms with Crippen molar-refractivity contribution in [2.24, 2.45) is 5.73 Å². The lowest BCUT2D eigenvalue weighted by Crippen LogP contribution is -2.54. The summed E-state index contributed by atoms with van der Waals surface area (Å²) in [6.07, 6.45) is 3.76. The van der Waals surface area contributed by atoms with Crippen LogP contribution in [0.25, 0.3) is 0 Å². The molecule has 1 fully saturated rings. The van der Waals surface area contributed by atoms with Gasteiger partial charge in [-0.2, -0.15) is 0 Å². The highest BCUT2D eigenvalue weighted by atomic mass is 16.4. The van der Waals surface area contributed by atoms with Crippen molar-refractivity contribution in [3.05, 3.63) is 35.9 Å². The average Bonchev–Trinajstić information content (AvgIpc) is 3.20. The van der Waals surface area contributed by atoms with Gasteiger partial charge in [-0.05, 0) is 50.6 Å². The Bertz CT molecular complexity index is 688. The molecular weight excluding hydrogens is 374 g/mol. The van der Waals surface area contributed by atoms with E-state index in [1.165, 1.54) is 4.90 Å². The average molecular weight is 408 g/mol. The fourth-order valence-electron chi connectivity index (χ4n) is 3.73. The number of nitrogens with zero attached hydrogens (tertiary/aromatic N) is 1. The predicted molar refractivity (Wildman–Crippen MR) is 111 cm³/mol. The minimum absolute atomic E-state index is 0. The van der Waals surface area contributed by atoms with E-state index in [0.717, 1.165) is 12.0 Å². The number of nitrogens with two attached hydrogens (primary N) is 1. The number of carbonyl (C=O) groups is 3. The highest BCUT2D eigenvalue weighted by Crippen LogP contribution is 2.20. The molecule has 5 N–H and O–H groups in total. The summed E-state index contributed by atoms with van der Waals surface area (Å²) in [4.78, 5) is 37.7. The first kappa shape index (κ1) is 22.8. The number of rotatable bonds is 12. The molecule has 29 heavy (non-hydrogen) atoms. The number of carboxylic acid groups (broad SMARTS) is 2. The molecule has 1 aliphatic heterocycles. The molecule has 0 radical (unpaired) electrons. The molecule has 0 aliphatic carbocycles. The molecule has 3 atom stereocenters. The van der Waals surface area contributed by atoms with Crippen LogP contribution in [0.5, 0.6) is 0 Å². The second-order valence-corrected chi connectivity index (χ2v) is 7.45. The van der Waals surface area contributed by atoms with Crippen LogP contribution in [0.2, 0.25) is 0 Å². The van der Waals surface area contributed by atoms with Crippen molar-refractivity contribution >= 4 is 17.8 Å². The van der Waals surface area contributed by atoms with Gasteiger partial charge in [0.2, 0.25) is 5.91 Å². The van der Waals surface area contributed by atoms with E-state index in [2.05, 4.69) is 5.32 Å². The molecule has 162 valence electrons. The van der Waals surface area contributed by atoms with Crippen LogP contribution in [0.4, 0.5) is 0 Å². The summed E-state index contributed by atoms with van der Waals surface area (Å²) in [5.74, 6) is -2.37. The monoisotopic (exact) mass is 407 g/mol. The van der Waals surface area contributed by atoms with E-state index in [4.69, 9.17) is 5.73 Å². The summed E-state index contributed by atoms with van der Waals surface area (Å²) >= 11 is 0. The van der Waals surface area contributed by atoms with E-state index < -0.39 is 30.1 Å². The summed E-state index contributed by atoms with van der Waals surface area (Å²) in [6.45, 7) is 0.866. The maximum absolute atomic E-state index is 13.1. The fourth-order valence-corrected chi connectivity index (χ4v) is 3.73. The van der Waals surface area contributed by atoms with Gasteiger partial charge in [0.1, 0.15) is 12.1 Å². The van der Waals surface area contributed by atoms with Gasteiger partial charge < -0.3 is 20.8 Å². The molecule has 1 aromatic carbocycles. The van der Waals surface area contributed by atoms with Gasteiger partial charge in [0.25, 0.3) is 0 Å². The first-order valence-electron chi connectivity index (χ1n) is 10.2. The summed E-state index contributed by atoms with van der Waals surface area (Å²) in [6, 6.07) is 7.10. The molecule has 0 saturated carbocycles. The van der Waals surface area contributed by atoms with Gasteiger partial charge in [-0.25, -0.2) is 4.79 Å². The summed E-state index contributed by atoms with van der Waals surface area (Å²) in [5, 5.41) is 22.0. The number of carboxylic acids is 2. The van der Waals surface area contributed by atoms with Gasteiger partial charge >= 0.3 is 11.9 Å². The molecule has 1 aliphatic rings. The number of aliphatic carboxylic acids is 2. The van der Waals surface area contributed by atoms with Crippen LogP contribution in [0.3, 0.4) is 0 Å². The van der Waals surface area contributed by atoms with Crippen molar-refractivity contribution in [1.82, 2.24) is 10.2 Å². The molecule has 0 aromatic heterocycles. The SMILES string of the molecule is NCCCCC(NC(CCc1ccccc1)C(=O)O)C(=O)N1CCC[C@H]1C(=O)O.[HH]. The standard InChI is InChI=1S/C21H31N3O5.H2/c22-13-5-4-9-16(19(25)24-14-6-10-18(24)21(28)29)23-17(20(26)27)12-11-15-7-2-1-3-8-15;/h1-3,7-8,16-18,23H,4-6,9-14,22H2,(H,26,27)(H,28,29);1H/t16?,17?,18-;/m0./s1. The molecule has 2 rings (SSSR count). The summed E-state index contributed by atoms with van der Waals surface area (Å²) in [7, 11) is 0. The molecule has 8 heteroatoms. The zero-order valence-corrected chi connectivity index (χ0v) is 16.6. The van der Waals surface area contributed by atoms with Crippen LogP contribution in [0.15, 0.2) is 30.3 Å². The normalized spacial score (nSPS) is 18.4. The molecule has 1 heterocycles. The zero-order chi connectivity index (χ0) is 21.2. The number of nitrogens with one attached hydrogen (secondary N) is 1. The maximum atomic E-state index is 13.1. The molecule has 1 amide bonds. The lowest BCUT2D eigenvalue weighted by atomic mass is 10.0. The van der Waals surface area contributed by atoms with Crippen LogP contribution in [-0.4, -0.2) is 64.2 Å². The van der Waals surface area contributed by atoms with Crippen molar-refractivity contribution < 1.29 is 26.0 Å². The Morgan fingerprint density at radius 2 is 1.86 bits per heavy atom. The van der Waals surface area contributed by atoms with Crippen LogP contribution in [0.1, 0.15) is 45.5 Å². The number of carbonyl (C=O) groups excluding carboxylic acids is 1. The summed E-state index contributed by atoms with van der Waals surface area (Å²) in [5.41, 5.74) is 6.57. The quantitative estimate of drug-likeness (QED) is 0.386. The van der Waals surface area contributed by atoms with Crippen molar-refractivity contribution in [2.75, 3.05) is 13.1 Å². The first-order chi connectivity index (χ1) is 13.9. The largest absolute Gasteiger partial charge is 0.480 e. The number of aryl methyl sites for hydroxylation is 1. The molecule has 0 bridgehead atoms. The third-order valence-electron chi connectivity index (χ3n) is 5.33. The van der Waals surface area contributed by atoms with Crippen molar-refractivity contribution in [2.45, 2.75) is 63.1 Å². The second kappa shape index (κ2) is 11.5. The smallest absolute Gasteiger partial charge is 0.326 e. The Morgan fingerprint density at radius 3 is 2.48 bits per heavy atom. The third kappa shape index (κ3) is 6.83. The van der Waals surface area contributed by atoms with Gasteiger partial charge in [0, 0.05) is 7.97 Å². The number of amides is 1. The highest BCUT2D eigenvalue weighted by Gasteiger charge is 2.38. The fraction of sp³-hybridized carbons (Fsp3) is 0.571. The molecule has 1 aromatic rings. The number of unbranched alkanes of at least 4 members (excludes halogenated alkanes) is 1. The molecule has 0 spiro atoms. The van der Waals surface area contributed by atoms with Gasteiger partial charge in [0.05, 0.1) is 6.04 Å². The summed E-state index contributed by atoms with van der Waals surface area (Å²) < 4.78 is 0. The zero-order valence-electron chi connectivity index (χ0n) is 16.6. The minimum Gasteiger partial charge on any atom is -0.480 e. The Balaban J connectivity index is 0.00000450. The molecular formula is C21H33N3O5. The Kier molecular flexibility index (Phi) is 9.08. The Labute approximate surface area is 172 Å². The third-order valence-corrected chi connectivity index (χ3v) is 5.33. The van der Waals surface area contributed by atoms with E-state index in [-0.39, 0.29) is 7.33 Å². The van der Waals surface area contributed by atoms with Gasteiger partial charge in [-0.1, -0.05) is 36.8 Å². The molecule has 2 unspecified atom stereocenters. The second-order valence-electron chi connectivity index (χ2n) is 7.45. The van der Waals surface area contributed by atoms with Gasteiger partial charge in [-0.3, -0.25) is 14.9 Å². The van der Waals surface area contributed by atoms with E-state index in [1.807, 2.05) is 30.3 Å². The number of hydrogen-bond donors (Lipinski definition) is 4. The van der Waals surface area contributed by atoms with Crippen LogP contribution in [0, 0.1) is 0 Å². The van der Waals surface area contributed by atoms with E-state index in [9.17, 15) is 24.6 Å². The lowest BCUT2D eigenvalue weighted by molar-refractivity contribution is -0.149. The first-order valence-corrected chi connectivity index (χ1v) is 10.2. The van der Waals surface area contributed by atoms with E-state index in [0.29, 0.717) is 51.6 Å². The molecule has 8 nitrogen and oxygen atoms in total. The van der Waals surface area contributed by atoms with Crippen LogP contribution < -0.4 is 11.1 Å². The number of likely N-dealkylation sites (tertiary alicyclic amines) is 1. The maximum Gasteiger partial charge on any atom is 0.326 e. The van der Waals surface area contributed by atoms with Crippen molar-refractivity contribution in [3.8, 4) is 0 Å². The number of hydrogen-bond acceptors (Lipinski definition) is 5. The predicted octanol–water partition coefficient (Wildman–Crippen LogP) is 1.48. The van der Waals surface area contributed by atoms with E-state index in [1.54, 1.807) is 0 Å². The highest BCUT2D eigenvalue weighted by molar-refractivity contribution is 5.88. The van der Waals surface area contributed by atoms with E-state index >= 15 is 0 Å². The lowest BCUT2D eigenvalue weighted by Gasteiger charge is -2.29. The Hall–Kier alpha value is -2.45. The van der Waals surface area contributed by atoms with Crippen molar-refractivity contribution in [3.63, 3.8) is 0 Å². The van der Waals surface area contributed by atoms with Crippen LogP contribution in [-0.2, 0) is 20.8 Å².